The van der Waals surface area contributed by atoms with Gasteiger partial charge in [0.2, 0.25) is 11.7 Å². The Morgan fingerprint density at radius 3 is 2.77 bits per heavy atom. The molecule has 0 saturated heterocycles. The lowest BCUT2D eigenvalue weighted by Crippen LogP contribution is -1.99. The molecule has 5 heteroatoms. The SMILES string of the molecule is CC(C)Cc1nnc(C(=O)CCl)o1. The molecule has 0 aliphatic carbocycles. The molecular formula is C8H11ClN2O2. The summed E-state index contributed by atoms with van der Waals surface area (Å²) in [7, 11) is 0. The summed E-state index contributed by atoms with van der Waals surface area (Å²) in [6.45, 7) is 4.07. The molecular weight excluding hydrogens is 192 g/mol. The van der Waals surface area contributed by atoms with Gasteiger partial charge in [0.05, 0.1) is 5.88 Å². The molecule has 1 rings (SSSR count). The van der Waals surface area contributed by atoms with E-state index in [4.69, 9.17) is 16.0 Å². The molecule has 1 aromatic rings. The van der Waals surface area contributed by atoms with E-state index in [2.05, 4.69) is 10.2 Å². The molecule has 0 aliphatic heterocycles. The van der Waals surface area contributed by atoms with E-state index in [0.29, 0.717) is 18.2 Å². The second-order valence-corrected chi connectivity index (χ2v) is 3.42. The quantitative estimate of drug-likeness (QED) is 0.551. The van der Waals surface area contributed by atoms with Crippen molar-refractivity contribution in [1.29, 1.82) is 0 Å². The fraction of sp³-hybridized carbons (Fsp3) is 0.625. The molecule has 0 aromatic carbocycles. The average molecular weight is 203 g/mol. The minimum Gasteiger partial charge on any atom is -0.418 e. The number of halogens is 1. The molecule has 0 fully saturated rings. The van der Waals surface area contributed by atoms with Gasteiger partial charge in [0.25, 0.3) is 5.89 Å². The summed E-state index contributed by atoms with van der Waals surface area (Å²) >= 11 is 5.32. The van der Waals surface area contributed by atoms with Crippen LogP contribution in [0.3, 0.4) is 0 Å². The number of rotatable bonds is 4. The summed E-state index contributed by atoms with van der Waals surface area (Å²) in [6, 6.07) is 0. The number of carbonyl (C=O) groups excluding carboxylic acids is 1. The van der Waals surface area contributed by atoms with Crippen LogP contribution in [0.5, 0.6) is 0 Å². The Morgan fingerprint density at radius 2 is 2.23 bits per heavy atom. The highest BCUT2D eigenvalue weighted by atomic mass is 35.5. The number of hydrogen-bond acceptors (Lipinski definition) is 4. The summed E-state index contributed by atoms with van der Waals surface area (Å²) < 4.78 is 5.09. The average Bonchev–Trinajstić information content (AvgIpc) is 2.50. The molecule has 0 spiro atoms. The second-order valence-electron chi connectivity index (χ2n) is 3.16. The minimum absolute atomic E-state index is 0.00523. The van der Waals surface area contributed by atoms with E-state index in [9.17, 15) is 4.79 Å². The summed E-state index contributed by atoms with van der Waals surface area (Å²) in [6.07, 6.45) is 0.683. The smallest absolute Gasteiger partial charge is 0.285 e. The Morgan fingerprint density at radius 1 is 1.54 bits per heavy atom. The maximum atomic E-state index is 11.0. The fourth-order valence-electron chi connectivity index (χ4n) is 0.855. The third-order valence-corrected chi connectivity index (χ3v) is 1.65. The van der Waals surface area contributed by atoms with Gasteiger partial charge in [0.1, 0.15) is 0 Å². The molecule has 1 aromatic heterocycles. The fourth-order valence-corrected chi connectivity index (χ4v) is 0.969. The molecule has 0 unspecified atom stereocenters. The third kappa shape index (κ3) is 2.81. The van der Waals surface area contributed by atoms with Gasteiger partial charge < -0.3 is 4.42 Å². The predicted molar refractivity (Wildman–Crippen MR) is 47.9 cm³/mol. The van der Waals surface area contributed by atoms with Crippen LogP contribution in [0.2, 0.25) is 0 Å². The number of alkyl halides is 1. The van der Waals surface area contributed by atoms with E-state index in [1.165, 1.54) is 0 Å². The summed E-state index contributed by atoms with van der Waals surface area (Å²) in [5, 5.41) is 7.32. The van der Waals surface area contributed by atoms with E-state index in [0.717, 1.165) is 0 Å². The third-order valence-electron chi connectivity index (χ3n) is 1.41. The van der Waals surface area contributed by atoms with Crippen molar-refractivity contribution < 1.29 is 9.21 Å². The lowest BCUT2D eigenvalue weighted by atomic mass is 10.1. The lowest BCUT2D eigenvalue weighted by Gasteiger charge is -1.96. The Balaban J connectivity index is 2.69. The van der Waals surface area contributed by atoms with E-state index >= 15 is 0 Å². The van der Waals surface area contributed by atoms with Crippen LogP contribution < -0.4 is 0 Å². The van der Waals surface area contributed by atoms with Crippen LogP contribution in [-0.4, -0.2) is 21.9 Å². The molecule has 1 heterocycles. The normalized spacial score (nSPS) is 10.8. The van der Waals surface area contributed by atoms with Crippen LogP contribution in [0.4, 0.5) is 0 Å². The first-order chi connectivity index (χ1) is 6.13. The zero-order chi connectivity index (χ0) is 9.84. The van der Waals surface area contributed by atoms with Crippen molar-refractivity contribution in [1.82, 2.24) is 10.2 Å². The van der Waals surface area contributed by atoms with Crippen molar-refractivity contribution in [3.8, 4) is 0 Å². The molecule has 0 amide bonds. The van der Waals surface area contributed by atoms with Gasteiger partial charge in [-0.25, -0.2) is 0 Å². The number of carbonyl (C=O) groups is 1. The standard InChI is InChI=1S/C8H11ClN2O2/c1-5(2)3-7-10-11-8(13-7)6(12)4-9/h5H,3-4H2,1-2H3. The topological polar surface area (TPSA) is 56.0 Å². The van der Waals surface area contributed by atoms with E-state index in [1.807, 2.05) is 13.8 Å². The largest absolute Gasteiger partial charge is 0.418 e. The Labute approximate surface area is 81.3 Å². The molecule has 4 nitrogen and oxygen atoms in total. The molecule has 0 radical (unpaired) electrons. The van der Waals surface area contributed by atoms with Crippen molar-refractivity contribution in [3.05, 3.63) is 11.8 Å². The highest BCUT2D eigenvalue weighted by molar-refractivity contribution is 6.29. The molecule has 72 valence electrons. The van der Waals surface area contributed by atoms with E-state index in [1.54, 1.807) is 0 Å². The zero-order valence-corrected chi connectivity index (χ0v) is 8.34. The van der Waals surface area contributed by atoms with Gasteiger partial charge in [0, 0.05) is 6.42 Å². The lowest BCUT2D eigenvalue weighted by molar-refractivity contribution is 0.0982. The van der Waals surface area contributed by atoms with Gasteiger partial charge in [0.15, 0.2) is 0 Å². The number of Topliss-reactive ketones (excluding diaryl/α,β-unsaturated/α-hetero) is 1. The van der Waals surface area contributed by atoms with Crippen molar-refractivity contribution in [2.45, 2.75) is 20.3 Å². The first-order valence-corrected chi connectivity index (χ1v) is 4.58. The number of hydrogen-bond donors (Lipinski definition) is 0. The summed E-state index contributed by atoms with van der Waals surface area (Å²) in [4.78, 5) is 11.0. The Kier molecular flexibility index (Phi) is 3.42. The van der Waals surface area contributed by atoms with E-state index < -0.39 is 0 Å². The monoisotopic (exact) mass is 202 g/mol. The number of aromatic nitrogens is 2. The molecule has 0 N–H and O–H groups in total. The summed E-state index contributed by atoms with van der Waals surface area (Å²) in [5.41, 5.74) is 0. The van der Waals surface area contributed by atoms with Crippen LogP contribution in [-0.2, 0) is 6.42 Å². The predicted octanol–water partition coefficient (Wildman–Crippen LogP) is 1.69. The maximum absolute atomic E-state index is 11.0. The van der Waals surface area contributed by atoms with Crippen molar-refractivity contribution in [2.24, 2.45) is 5.92 Å². The first-order valence-electron chi connectivity index (χ1n) is 4.05. The van der Waals surface area contributed by atoms with Crippen molar-refractivity contribution >= 4 is 17.4 Å². The highest BCUT2D eigenvalue weighted by Gasteiger charge is 2.13. The zero-order valence-electron chi connectivity index (χ0n) is 7.58. The molecule has 0 atom stereocenters. The van der Waals surface area contributed by atoms with Crippen molar-refractivity contribution in [2.75, 3.05) is 5.88 Å². The second kappa shape index (κ2) is 4.37. The van der Waals surface area contributed by atoms with Gasteiger partial charge in [-0.3, -0.25) is 4.79 Å². The highest BCUT2D eigenvalue weighted by Crippen LogP contribution is 2.07. The molecule has 13 heavy (non-hydrogen) atoms. The summed E-state index contributed by atoms with van der Waals surface area (Å²) in [5.74, 6) is 0.473. The van der Waals surface area contributed by atoms with Gasteiger partial charge in [-0.2, -0.15) is 0 Å². The van der Waals surface area contributed by atoms with Crippen LogP contribution in [0.15, 0.2) is 4.42 Å². The van der Waals surface area contributed by atoms with Gasteiger partial charge in [-0.15, -0.1) is 21.8 Å². The number of nitrogens with zero attached hydrogens (tertiary/aromatic N) is 2. The minimum atomic E-state index is -0.329. The first kappa shape index (κ1) is 10.2. The van der Waals surface area contributed by atoms with Crippen LogP contribution in [0, 0.1) is 5.92 Å². The van der Waals surface area contributed by atoms with Gasteiger partial charge >= 0.3 is 0 Å². The van der Waals surface area contributed by atoms with E-state index in [-0.39, 0.29) is 17.6 Å². The molecule has 0 saturated carbocycles. The van der Waals surface area contributed by atoms with Crippen LogP contribution >= 0.6 is 11.6 Å². The Hall–Kier alpha value is -0.900. The maximum Gasteiger partial charge on any atom is 0.285 e. The molecule has 0 bridgehead atoms. The molecule has 0 aliphatic rings. The van der Waals surface area contributed by atoms with Crippen molar-refractivity contribution in [3.63, 3.8) is 0 Å². The van der Waals surface area contributed by atoms with Crippen LogP contribution in [0.25, 0.3) is 0 Å². The number of ketones is 1. The van der Waals surface area contributed by atoms with Gasteiger partial charge in [-0.1, -0.05) is 13.8 Å². The Bertz CT molecular complexity index is 296. The van der Waals surface area contributed by atoms with Crippen LogP contribution in [0.1, 0.15) is 30.4 Å². The van der Waals surface area contributed by atoms with Gasteiger partial charge in [-0.05, 0) is 5.92 Å².